The van der Waals surface area contributed by atoms with E-state index in [1.807, 2.05) is 4.90 Å². The lowest BCUT2D eigenvalue weighted by Gasteiger charge is -2.33. The van der Waals surface area contributed by atoms with Crippen LogP contribution in [0.15, 0.2) is 18.2 Å². The smallest absolute Gasteiger partial charge is 0.387 e. The van der Waals surface area contributed by atoms with Crippen LogP contribution in [0.5, 0.6) is 11.5 Å². The van der Waals surface area contributed by atoms with Crippen molar-refractivity contribution in [2.45, 2.75) is 31.9 Å². The van der Waals surface area contributed by atoms with Gasteiger partial charge in [0, 0.05) is 11.8 Å². The summed E-state index contributed by atoms with van der Waals surface area (Å²) in [7, 11) is 1.35. The molecule has 1 aromatic carbocycles. The number of nitrogens with one attached hydrogen (secondary N) is 1. The fourth-order valence-electron chi connectivity index (χ4n) is 2.76. The average molecular weight is 338 g/mol. The zero-order valence-electron chi connectivity index (χ0n) is 13.4. The van der Waals surface area contributed by atoms with E-state index in [-0.39, 0.29) is 23.4 Å². The number of ether oxygens (including phenoxy) is 2. The number of nitrogens with zero attached hydrogens (tertiary/aromatic N) is 1. The number of hydrogen-bond acceptors (Lipinski definition) is 4. The molecule has 0 aromatic heterocycles. The van der Waals surface area contributed by atoms with Crippen molar-refractivity contribution in [1.29, 1.82) is 0 Å². The lowest BCUT2D eigenvalue weighted by Crippen LogP contribution is -2.47. The number of anilines is 1. The number of alkyl halides is 2. The van der Waals surface area contributed by atoms with Gasteiger partial charge in [-0.3, -0.25) is 9.69 Å². The Labute approximate surface area is 139 Å². The summed E-state index contributed by atoms with van der Waals surface area (Å²) in [6, 6.07) is 4.03. The highest BCUT2D eigenvalue weighted by atomic mass is 19.3. The first kappa shape index (κ1) is 18.0. The number of amides is 1. The van der Waals surface area contributed by atoms with Crippen molar-refractivity contribution >= 4 is 11.6 Å². The highest BCUT2D eigenvalue weighted by Crippen LogP contribution is 2.31. The Bertz CT molecular complexity index is 616. The summed E-state index contributed by atoms with van der Waals surface area (Å²) in [6.07, 6.45) is 8.01. The number of carbonyl (C=O) groups is 1. The Morgan fingerprint density at radius 1 is 1.46 bits per heavy atom. The van der Waals surface area contributed by atoms with Gasteiger partial charge in [0.2, 0.25) is 5.91 Å². The van der Waals surface area contributed by atoms with Gasteiger partial charge in [-0.15, -0.1) is 6.42 Å². The molecule has 130 valence electrons. The fourth-order valence-corrected chi connectivity index (χ4v) is 2.76. The Balaban J connectivity index is 2.11. The molecule has 1 heterocycles. The first-order chi connectivity index (χ1) is 11.5. The molecule has 1 N–H and O–H groups in total. The summed E-state index contributed by atoms with van der Waals surface area (Å²) in [4.78, 5) is 14.4. The number of methoxy groups -OCH3 is 1. The molecule has 1 aromatic rings. The van der Waals surface area contributed by atoms with E-state index in [1.54, 1.807) is 6.07 Å². The number of piperidine rings is 1. The van der Waals surface area contributed by atoms with E-state index in [4.69, 9.17) is 11.2 Å². The quantitative estimate of drug-likeness (QED) is 0.811. The first-order valence-corrected chi connectivity index (χ1v) is 7.66. The van der Waals surface area contributed by atoms with Crippen molar-refractivity contribution in [3.63, 3.8) is 0 Å². The number of benzene rings is 1. The van der Waals surface area contributed by atoms with Crippen molar-refractivity contribution in [3.8, 4) is 23.8 Å². The third-order valence-electron chi connectivity index (χ3n) is 3.86. The third kappa shape index (κ3) is 4.59. The number of hydrogen-bond donors (Lipinski definition) is 1. The van der Waals surface area contributed by atoms with Crippen LogP contribution in [0.25, 0.3) is 0 Å². The zero-order chi connectivity index (χ0) is 17.5. The maximum atomic E-state index is 12.5. The summed E-state index contributed by atoms with van der Waals surface area (Å²) in [5.74, 6) is 2.38. The van der Waals surface area contributed by atoms with Gasteiger partial charge >= 0.3 is 6.61 Å². The van der Waals surface area contributed by atoms with E-state index in [2.05, 4.69) is 16.0 Å². The second-order valence-electron chi connectivity index (χ2n) is 5.42. The van der Waals surface area contributed by atoms with Gasteiger partial charge in [-0.2, -0.15) is 8.78 Å². The van der Waals surface area contributed by atoms with E-state index in [0.717, 1.165) is 19.4 Å². The monoisotopic (exact) mass is 338 g/mol. The molecule has 0 aliphatic carbocycles. The van der Waals surface area contributed by atoms with Crippen LogP contribution in [0, 0.1) is 12.3 Å². The van der Waals surface area contributed by atoms with E-state index < -0.39 is 6.61 Å². The molecule has 2 rings (SSSR count). The van der Waals surface area contributed by atoms with Crippen LogP contribution in [0.2, 0.25) is 0 Å². The standard InChI is InChI=1S/C17H20F2N2O3/c1-3-9-21-10-5-4-6-13(21)16(22)20-12-7-8-14(23-2)15(11-12)24-17(18)19/h1,7-8,11,13,17H,4-6,9-10H2,2H3,(H,20,22)/t13-/m1/s1. The first-order valence-electron chi connectivity index (χ1n) is 7.66. The van der Waals surface area contributed by atoms with Crippen molar-refractivity contribution in [3.05, 3.63) is 18.2 Å². The van der Waals surface area contributed by atoms with Crippen LogP contribution < -0.4 is 14.8 Å². The minimum Gasteiger partial charge on any atom is -0.493 e. The van der Waals surface area contributed by atoms with Crippen LogP contribution in [0.4, 0.5) is 14.5 Å². The van der Waals surface area contributed by atoms with Crippen LogP contribution in [-0.4, -0.2) is 43.7 Å². The minimum absolute atomic E-state index is 0.130. The third-order valence-corrected chi connectivity index (χ3v) is 3.86. The molecule has 0 spiro atoms. The van der Waals surface area contributed by atoms with Crippen molar-refractivity contribution in [1.82, 2.24) is 4.90 Å². The number of rotatable bonds is 6. The second kappa shape index (κ2) is 8.50. The summed E-state index contributed by atoms with van der Waals surface area (Å²) < 4.78 is 34.3. The highest BCUT2D eigenvalue weighted by Gasteiger charge is 2.28. The summed E-state index contributed by atoms with van der Waals surface area (Å²) in [5, 5.41) is 2.74. The predicted octanol–water partition coefficient (Wildman–Crippen LogP) is 2.72. The molecule has 1 saturated heterocycles. The van der Waals surface area contributed by atoms with Crippen LogP contribution in [0.3, 0.4) is 0 Å². The second-order valence-corrected chi connectivity index (χ2v) is 5.42. The molecular weight excluding hydrogens is 318 g/mol. The van der Waals surface area contributed by atoms with Gasteiger partial charge in [0.15, 0.2) is 11.5 Å². The normalized spacial score (nSPS) is 18.0. The molecular formula is C17H20F2N2O3. The molecule has 0 unspecified atom stereocenters. The largest absolute Gasteiger partial charge is 0.493 e. The van der Waals surface area contributed by atoms with Gasteiger partial charge in [-0.1, -0.05) is 12.3 Å². The highest BCUT2D eigenvalue weighted by molar-refractivity contribution is 5.95. The average Bonchev–Trinajstić information content (AvgIpc) is 2.55. The topological polar surface area (TPSA) is 50.8 Å². The van der Waals surface area contributed by atoms with E-state index in [9.17, 15) is 13.6 Å². The maximum absolute atomic E-state index is 12.5. The van der Waals surface area contributed by atoms with Crippen LogP contribution >= 0.6 is 0 Å². The molecule has 7 heteroatoms. The molecule has 5 nitrogen and oxygen atoms in total. The summed E-state index contributed by atoms with van der Waals surface area (Å²) >= 11 is 0. The number of halogens is 2. The molecule has 1 atom stereocenters. The maximum Gasteiger partial charge on any atom is 0.387 e. The van der Waals surface area contributed by atoms with E-state index >= 15 is 0 Å². The van der Waals surface area contributed by atoms with Crippen LogP contribution in [-0.2, 0) is 4.79 Å². The lowest BCUT2D eigenvalue weighted by molar-refractivity contribution is -0.122. The van der Waals surface area contributed by atoms with Crippen molar-refractivity contribution in [2.75, 3.05) is 25.5 Å². The van der Waals surface area contributed by atoms with Gasteiger partial charge in [-0.25, -0.2) is 0 Å². The Morgan fingerprint density at radius 2 is 2.25 bits per heavy atom. The Kier molecular flexibility index (Phi) is 6.38. The zero-order valence-corrected chi connectivity index (χ0v) is 13.4. The molecule has 0 bridgehead atoms. The van der Waals surface area contributed by atoms with Crippen molar-refractivity contribution < 1.29 is 23.0 Å². The molecule has 1 aliphatic rings. The Morgan fingerprint density at radius 3 is 2.92 bits per heavy atom. The van der Waals surface area contributed by atoms with Gasteiger partial charge in [-0.05, 0) is 31.5 Å². The number of terminal acetylenes is 1. The minimum atomic E-state index is -2.98. The number of likely N-dealkylation sites (tertiary alicyclic amines) is 1. The van der Waals surface area contributed by atoms with E-state index in [1.165, 1.54) is 19.2 Å². The summed E-state index contributed by atoms with van der Waals surface area (Å²) in [6.45, 7) is -1.81. The van der Waals surface area contributed by atoms with Gasteiger partial charge in [0.25, 0.3) is 0 Å². The molecule has 1 aliphatic heterocycles. The molecule has 1 fully saturated rings. The van der Waals surface area contributed by atoms with Gasteiger partial charge in [0.1, 0.15) is 0 Å². The number of carbonyl (C=O) groups excluding carboxylic acids is 1. The van der Waals surface area contributed by atoms with Gasteiger partial charge in [0.05, 0.1) is 19.7 Å². The molecule has 0 saturated carbocycles. The van der Waals surface area contributed by atoms with E-state index in [0.29, 0.717) is 18.7 Å². The molecule has 1 amide bonds. The predicted molar refractivity (Wildman–Crippen MR) is 86.3 cm³/mol. The Hall–Kier alpha value is -2.33. The lowest BCUT2D eigenvalue weighted by atomic mass is 10.0. The molecule has 24 heavy (non-hydrogen) atoms. The van der Waals surface area contributed by atoms with Crippen LogP contribution in [0.1, 0.15) is 19.3 Å². The van der Waals surface area contributed by atoms with Crippen molar-refractivity contribution in [2.24, 2.45) is 0 Å². The van der Waals surface area contributed by atoms with Gasteiger partial charge < -0.3 is 14.8 Å². The summed E-state index contributed by atoms with van der Waals surface area (Å²) in [5.41, 5.74) is 0.364. The fraction of sp³-hybridized carbons (Fsp3) is 0.471. The molecule has 0 radical (unpaired) electrons. The SMILES string of the molecule is C#CCN1CCCC[C@@H]1C(=O)Nc1ccc(OC)c(OC(F)F)c1.